The van der Waals surface area contributed by atoms with E-state index < -0.39 is 35.2 Å². The molecule has 0 radical (unpaired) electrons. The van der Waals surface area contributed by atoms with E-state index in [-0.39, 0.29) is 10.6 Å². The maximum Gasteiger partial charge on any atom is 0.294 e. The number of anilines is 1. The zero-order valence-corrected chi connectivity index (χ0v) is 23.4. The molecule has 6 nitrogen and oxygen atoms in total. The number of amides is 3. The summed E-state index contributed by atoms with van der Waals surface area (Å²) in [5.74, 6) is -2.63. The molecule has 1 heterocycles. The van der Waals surface area contributed by atoms with Crippen molar-refractivity contribution >= 4 is 85.8 Å². The molecule has 1 saturated heterocycles. The van der Waals surface area contributed by atoms with E-state index in [2.05, 4.69) is 50.5 Å². The second kappa shape index (κ2) is 11.7. The number of hydrogen-bond acceptors (Lipinski definition) is 5. The molecule has 4 rings (SSSR count). The van der Waals surface area contributed by atoms with Gasteiger partial charge in [-0.1, -0.05) is 30.3 Å². The minimum Gasteiger partial charge on any atom is -0.487 e. The van der Waals surface area contributed by atoms with Gasteiger partial charge in [-0.2, -0.15) is 0 Å². The van der Waals surface area contributed by atoms with Crippen molar-refractivity contribution in [2.75, 3.05) is 11.9 Å². The van der Waals surface area contributed by atoms with Crippen molar-refractivity contribution < 1.29 is 27.9 Å². The van der Waals surface area contributed by atoms with Gasteiger partial charge in [0.05, 0.1) is 14.2 Å². The summed E-state index contributed by atoms with van der Waals surface area (Å²) < 4.78 is 34.7. The van der Waals surface area contributed by atoms with Crippen molar-refractivity contribution in [1.82, 2.24) is 4.90 Å². The predicted octanol–water partition coefficient (Wildman–Crippen LogP) is 6.43. The average Bonchev–Trinajstić information content (AvgIpc) is 3.08. The van der Waals surface area contributed by atoms with Crippen molar-refractivity contribution in [3.05, 3.63) is 95.5 Å². The SMILES string of the molecule is O=C(CN1C(=O)S/C(=C/c2cc(I)cc(I)c2OCc2ccccc2)C1=O)Nc1ccc(F)cc1F. The number of carbonyl (C=O) groups excluding carboxylic acids is 3. The van der Waals surface area contributed by atoms with Crippen LogP contribution in [0.5, 0.6) is 5.75 Å². The van der Waals surface area contributed by atoms with E-state index in [1.165, 1.54) is 0 Å². The Kier molecular flexibility index (Phi) is 8.62. The van der Waals surface area contributed by atoms with Gasteiger partial charge >= 0.3 is 0 Å². The third kappa shape index (κ3) is 6.42. The van der Waals surface area contributed by atoms with Crippen LogP contribution in [0, 0.1) is 18.8 Å². The van der Waals surface area contributed by atoms with Crippen LogP contribution in [0.25, 0.3) is 6.08 Å². The van der Waals surface area contributed by atoms with Gasteiger partial charge in [0.1, 0.15) is 30.5 Å². The van der Waals surface area contributed by atoms with Gasteiger partial charge in [0.2, 0.25) is 5.91 Å². The lowest BCUT2D eigenvalue weighted by molar-refractivity contribution is -0.127. The van der Waals surface area contributed by atoms with Crippen LogP contribution in [0.1, 0.15) is 11.1 Å². The quantitative estimate of drug-likeness (QED) is 0.224. The van der Waals surface area contributed by atoms with E-state index >= 15 is 0 Å². The number of benzene rings is 3. The van der Waals surface area contributed by atoms with Crippen LogP contribution in [0.15, 0.2) is 65.6 Å². The highest BCUT2D eigenvalue weighted by Gasteiger charge is 2.36. The predicted molar refractivity (Wildman–Crippen MR) is 150 cm³/mol. The van der Waals surface area contributed by atoms with E-state index in [0.717, 1.165) is 29.7 Å². The fraction of sp³-hybridized carbons (Fsp3) is 0.0800. The van der Waals surface area contributed by atoms with Gasteiger partial charge in [-0.3, -0.25) is 19.3 Å². The molecule has 1 fully saturated rings. The van der Waals surface area contributed by atoms with E-state index in [1.54, 1.807) is 6.08 Å². The fourth-order valence-electron chi connectivity index (χ4n) is 3.27. The molecule has 184 valence electrons. The van der Waals surface area contributed by atoms with E-state index in [1.807, 2.05) is 42.5 Å². The molecular weight excluding hydrogens is 716 g/mol. The normalized spacial score (nSPS) is 14.4. The minimum atomic E-state index is -0.964. The van der Waals surface area contributed by atoms with Gasteiger partial charge in [-0.25, -0.2) is 8.78 Å². The average molecular weight is 732 g/mol. The molecule has 3 amide bonds. The topological polar surface area (TPSA) is 75.7 Å². The van der Waals surface area contributed by atoms with Crippen LogP contribution in [0.2, 0.25) is 0 Å². The van der Waals surface area contributed by atoms with Gasteiger partial charge in [-0.15, -0.1) is 0 Å². The first-order chi connectivity index (χ1) is 17.2. The number of halogens is 4. The molecule has 0 spiro atoms. The van der Waals surface area contributed by atoms with Crippen LogP contribution in [-0.4, -0.2) is 28.5 Å². The number of rotatable bonds is 7. The number of thioether (sulfide) groups is 1. The first-order valence-corrected chi connectivity index (χ1v) is 13.3. The monoisotopic (exact) mass is 732 g/mol. The third-order valence-electron chi connectivity index (χ3n) is 4.93. The lowest BCUT2D eigenvalue weighted by Crippen LogP contribution is -2.36. The highest BCUT2D eigenvalue weighted by Crippen LogP contribution is 2.36. The number of nitrogens with one attached hydrogen (secondary N) is 1. The number of nitrogens with zero attached hydrogens (tertiary/aromatic N) is 1. The smallest absolute Gasteiger partial charge is 0.294 e. The highest BCUT2D eigenvalue weighted by atomic mass is 127. The Morgan fingerprint density at radius 3 is 2.53 bits per heavy atom. The minimum absolute atomic E-state index is 0.128. The molecule has 0 aliphatic carbocycles. The molecule has 0 bridgehead atoms. The van der Waals surface area contributed by atoms with Crippen LogP contribution in [0.4, 0.5) is 19.3 Å². The molecule has 1 N–H and O–H groups in total. The molecule has 3 aromatic rings. The summed E-state index contributed by atoms with van der Waals surface area (Å²) in [5.41, 5.74) is 1.34. The van der Waals surface area contributed by atoms with Gasteiger partial charge in [0.25, 0.3) is 11.1 Å². The Morgan fingerprint density at radius 2 is 1.81 bits per heavy atom. The van der Waals surface area contributed by atoms with Crippen LogP contribution < -0.4 is 10.1 Å². The molecule has 0 aromatic heterocycles. The second-order valence-electron chi connectivity index (χ2n) is 7.52. The number of hydrogen-bond donors (Lipinski definition) is 1. The maximum atomic E-state index is 13.8. The van der Waals surface area contributed by atoms with Crippen molar-refractivity contribution in [3.63, 3.8) is 0 Å². The van der Waals surface area contributed by atoms with E-state index in [0.29, 0.717) is 35.7 Å². The summed E-state index contributed by atoms with van der Waals surface area (Å²) in [6.07, 6.45) is 1.56. The lowest BCUT2D eigenvalue weighted by Gasteiger charge is -2.14. The Labute approximate surface area is 236 Å². The zero-order valence-electron chi connectivity index (χ0n) is 18.3. The molecule has 11 heteroatoms. The van der Waals surface area contributed by atoms with E-state index in [9.17, 15) is 23.2 Å². The first kappa shape index (κ1) is 26.5. The Morgan fingerprint density at radius 1 is 1.06 bits per heavy atom. The maximum absolute atomic E-state index is 13.8. The zero-order chi connectivity index (χ0) is 25.8. The van der Waals surface area contributed by atoms with Gasteiger partial charge in [-0.05, 0) is 92.8 Å². The van der Waals surface area contributed by atoms with Crippen LogP contribution in [-0.2, 0) is 16.2 Å². The number of imide groups is 1. The highest BCUT2D eigenvalue weighted by molar-refractivity contribution is 14.1. The molecule has 0 unspecified atom stereocenters. The van der Waals surface area contributed by atoms with Crippen molar-refractivity contribution in [2.24, 2.45) is 0 Å². The van der Waals surface area contributed by atoms with Crippen molar-refractivity contribution in [2.45, 2.75) is 6.61 Å². The summed E-state index contributed by atoms with van der Waals surface area (Å²) in [6.45, 7) is -0.292. The Bertz CT molecular complexity index is 1390. The van der Waals surface area contributed by atoms with Crippen molar-refractivity contribution in [3.8, 4) is 5.75 Å². The van der Waals surface area contributed by atoms with Gasteiger partial charge < -0.3 is 10.1 Å². The molecule has 3 aromatic carbocycles. The summed E-state index contributed by atoms with van der Waals surface area (Å²) >= 11 is 5.00. The van der Waals surface area contributed by atoms with Crippen molar-refractivity contribution in [1.29, 1.82) is 0 Å². The molecular formula is C25H16F2I2N2O4S. The van der Waals surface area contributed by atoms with Gasteiger partial charge in [0.15, 0.2) is 0 Å². The summed E-state index contributed by atoms with van der Waals surface area (Å²) in [7, 11) is 0. The Balaban J connectivity index is 1.52. The summed E-state index contributed by atoms with van der Waals surface area (Å²) in [4.78, 5) is 38.7. The summed E-state index contributed by atoms with van der Waals surface area (Å²) in [6, 6.07) is 16.1. The molecule has 36 heavy (non-hydrogen) atoms. The molecule has 1 aliphatic heterocycles. The standard InChI is InChI=1S/C25H16F2I2N2O4S/c26-16-6-7-20(18(27)10-16)30-22(32)12-31-24(33)21(36-25(31)34)9-15-8-17(28)11-19(29)23(15)35-13-14-4-2-1-3-5-14/h1-11H,12-13H2,(H,30,32)/b21-9+. The van der Waals surface area contributed by atoms with Crippen LogP contribution in [0.3, 0.4) is 0 Å². The fourth-order valence-corrected chi connectivity index (χ4v) is 6.15. The second-order valence-corrected chi connectivity index (χ2v) is 10.9. The third-order valence-corrected chi connectivity index (χ3v) is 7.26. The molecule has 1 aliphatic rings. The first-order valence-electron chi connectivity index (χ1n) is 10.4. The van der Waals surface area contributed by atoms with Crippen LogP contribution >= 0.6 is 56.9 Å². The number of ether oxygens (including phenoxy) is 1. The Hall–Kier alpha value is -2.52. The lowest BCUT2D eigenvalue weighted by atomic mass is 10.1. The molecule has 0 atom stereocenters. The summed E-state index contributed by atoms with van der Waals surface area (Å²) in [5, 5.41) is 1.62. The number of carbonyl (C=O) groups is 3. The van der Waals surface area contributed by atoms with E-state index in [4.69, 9.17) is 4.74 Å². The molecule has 0 saturated carbocycles. The largest absolute Gasteiger partial charge is 0.487 e. The van der Waals surface area contributed by atoms with Gasteiger partial charge in [0, 0.05) is 15.2 Å².